The van der Waals surface area contributed by atoms with Crippen LogP contribution in [0.2, 0.25) is 0 Å². The number of carbonyl (C=O) groups is 1. The quantitative estimate of drug-likeness (QED) is 0.893. The molecule has 0 bridgehead atoms. The number of piperidine rings is 1. The van der Waals surface area contributed by atoms with Crippen LogP contribution >= 0.6 is 0 Å². The lowest BCUT2D eigenvalue weighted by atomic mass is 9.96. The van der Waals surface area contributed by atoms with Crippen molar-refractivity contribution in [3.8, 4) is 5.75 Å². The zero-order chi connectivity index (χ0) is 14.7. The van der Waals surface area contributed by atoms with Crippen molar-refractivity contribution in [2.24, 2.45) is 0 Å². The number of benzene rings is 1. The molecule has 0 aliphatic carbocycles. The third-order valence-corrected chi connectivity index (χ3v) is 3.68. The van der Waals surface area contributed by atoms with Gasteiger partial charge in [0.1, 0.15) is 11.6 Å². The monoisotopic (exact) mass is 281 g/mol. The van der Waals surface area contributed by atoms with Gasteiger partial charge >= 0.3 is 0 Å². The third-order valence-electron chi connectivity index (χ3n) is 3.68. The lowest BCUT2D eigenvalue weighted by Crippen LogP contribution is -2.45. The first kappa shape index (κ1) is 14.8. The van der Waals surface area contributed by atoms with Gasteiger partial charge in [0.2, 0.25) is 0 Å². The van der Waals surface area contributed by atoms with Gasteiger partial charge in [-0.2, -0.15) is 0 Å². The molecule has 0 aromatic heterocycles. The number of halogens is 1. The predicted octanol–water partition coefficient (Wildman–Crippen LogP) is 2.30. The van der Waals surface area contributed by atoms with Gasteiger partial charge in [-0.3, -0.25) is 4.79 Å². The summed E-state index contributed by atoms with van der Waals surface area (Å²) in [6.07, 6.45) is 2.75. The Labute approximate surface area is 117 Å². The lowest BCUT2D eigenvalue weighted by Gasteiger charge is -2.36. The standard InChI is InChI=1S/C15H20FNO3/c1-10(18)8-11-4-2-3-7-17(11)15(20)13-6-5-12(19)9-14(13)16/h5-6,9-11,18-19H,2-4,7-8H2,1H3. The molecule has 1 fully saturated rings. The maximum Gasteiger partial charge on any atom is 0.257 e. The largest absolute Gasteiger partial charge is 0.508 e. The number of likely N-dealkylation sites (tertiary alicyclic amines) is 1. The van der Waals surface area contributed by atoms with Gasteiger partial charge in [-0.15, -0.1) is 0 Å². The van der Waals surface area contributed by atoms with Gasteiger partial charge in [-0.25, -0.2) is 4.39 Å². The van der Waals surface area contributed by atoms with E-state index in [9.17, 15) is 19.4 Å². The van der Waals surface area contributed by atoms with Crippen LogP contribution in [0.3, 0.4) is 0 Å². The van der Waals surface area contributed by atoms with Crippen LogP contribution in [-0.2, 0) is 0 Å². The highest BCUT2D eigenvalue weighted by molar-refractivity contribution is 5.95. The van der Waals surface area contributed by atoms with E-state index in [4.69, 9.17) is 0 Å². The van der Waals surface area contributed by atoms with Crippen molar-refractivity contribution in [1.82, 2.24) is 4.90 Å². The van der Waals surface area contributed by atoms with E-state index in [1.165, 1.54) is 12.1 Å². The molecule has 1 amide bonds. The molecule has 2 rings (SSSR count). The van der Waals surface area contributed by atoms with E-state index >= 15 is 0 Å². The average molecular weight is 281 g/mol. The van der Waals surface area contributed by atoms with Crippen LogP contribution < -0.4 is 0 Å². The molecule has 0 saturated carbocycles. The highest BCUT2D eigenvalue weighted by Crippen LogP contribution is 2.25. The highest BCUT2D eigenvalue weighted by Gasteiger charge is 2.29. The van der Waals surface area contributed by atoms with Gasteiger partial charge in [0.05, 0.1) is 11.7 Å². The van der Waals surface area contributed by atoms with Crippen molar-refractivity contribution >= 4 is 5.91 Å². The second-order valence-electron chi connectivity index (χ2n) is 5.40. The molecule has 1 aliphatic rings. The SMILES string of the molecule is CC(O)CC1CCCCN1C(=O)c1ccc(O)cc1F. The number of hydrogen-bond donors (Lipinski definition) is 2. The number of carbonyl (C=O) groups excluding carboxylic acids is 1. The second kappa shape index (κ2) is 6.22. The molecule has 1 aliphatic heterocycles. The summed E-state index contributed by atoms with van der Waals surface area (Å²) >= 11 is 0. The smallest absolute Gasteiger partial charge is 0.257 e. The Balaban J connectivity index is 2.20. The Morgan fingerprint density at radius 3 is 2.90 bits per heavy atom. The van der Waals surface area contributed by atoms with Crippen molar-refractivity contribution in [3.05, 3.63) is 29.6 Å². The maximum absolute atomic E-state index is 13.8. The number of aliphatic hydroxyl groups excluding tert-OH is 1. The van der Waals surface area contributed by atoms with Crippen LogP contribution in [-0.4, -0.2) is 39.7 Å². The Morgan fingerprint density at radius 2 is 2.25 bits per heavy atom. The predicted molar refractivity (Wildman–Crippen MR) is 73.0 cm³/mol. The number of rotatable bonds is 3. The molecule has 1 heterocycles. The molecule has 2 N–H and O–H groups in total. The Morgan fingerprint density at radius 1 is 1.50 bits per heavy atom. The molecule has 0 spiro atoms. The third kappa shape index (κ3) is 3.28. The fraction of sp³-hybridized carbons (Fsp3) is 0.533. The summed E-state index contributed by atoms with van der Waals surface area (Å²) < 4.78 is 13.8. The minimum absolute atomic E-state index is 0.0275. The first-order chi connectivity index (χ1) is 9.49. The zero-order valence-electron chi connectivity index (χ0n) is 11.6. The van der Waals surface area contributed by atoms with Gasteiger partial charge in [-0.1, -0.05) is 0 Å². The van der Waals surface area contributed by atoms with E-state index in [0.29, 0.717) is 13.0 Å². The van der Waals surface area contributed by atoms with Gasteiger partial charge in [0, 0.05) is 18.7 Å². The zero-order valence-corrected chi connectivity index (χ0v) is 11.6. The number of phenolic OH excluding ortho intramolecular Hbond substituents is 1. The summed E-state index contributed by atoms with van der Waals surface area (Å²) in [7, 11) is 0. The molecule has 5 heteroatoms. The molecule has 4 nitrogen and oxygen atoms in total. The number of phenols is 1. The summed E-state index contributed by atoms with van der Waals surface area (Å²) in [4.78, 5) is 14.1. The summed E-state index contributed by atoms with van der Waals surface area (Å²) in [5.74, 6) is -1.28. The Kier molecular flexibility index (Phi) is 4.60. The van der Waals surface area contributed by atoms with Crippen LogP contribution in [0, 0.1) is 5.82 Å². The molecule has 1 saturated heterocycles. The summed E-state index contributed by atoms with van der Waals surface area (Å²) in [6.45, 7) is 2.27. The fourth-order valence-corrected chi connectivity index (χ4v) is 2.74. The summed E-state index contributed by atoms with van der Waals surface area (Å²) in [6, 6.07) is 3.51. The van der Waals surface area contributed by atoms with Gasteiger partial charge in [0.15, 0.2) is 0 Å². The van der Waals surface area contributed by atoms with E-state index in [1.54, 1.807) is 11.8 Å². The fourth-order valence-electron chi connectivity index (χ4n) is 2.74. The van der Waals surface area contributed by atoms with E-state index in [2.05, 4.69) is 0 Å². The molecule has 110 valence electrons. The lowest BCUT2D eigenvalue weighted by molar-refractivity contribution is 0.0510. The van der Waals surface area contributed by atoms with Gasteiger partial charge in [-0.05, 0) is 44.7 Å². The molecular formula is C15H20FNO3. The van der Waals surface area contributed by atoms with E-state index in [-0.39, 0.29) is 23.3 Å². The normalized spacial score (nSPS) is 20.8. The highest BCUT2D eigenvalue weighted by atomic mass is 19.1. The number of hydrogen-bond acceptors (Lipinski definition) is 3. The number of aromatic hydroxyl groups is 1. The van der Waals surface area contributed by atoms with Crippen molar-refractivity contribution in [2.45, 2.75) is 44.8 Å². The molecule has 2 unspecified atom stereocenters. The first-order valence-corrected chi connectivity index (χ1v) is 6.96. The molecule has 0 radical (unpaired) electrons. The van der Waals surface area contributed by atoms with Crippen LogP contribution in [0.1, 0.15) is 43.0 Å². The number of aliphatic hydroxyl groups is 1. The Hall–Kier alpha value is -1.62. The van der Waals surface area contributed by atoms with E-state index < -0.39 is 11.9 Å². The summed E-state index contributed by atoms with van der Waals surface area (Å²) in [5, 5.41) is 18.7. The molecule has 1 aromatic rings. The van der Waals surface area contributed by atoms with Gasteiger partial charge in [0.25, 0.3) is 5.91 Å². The van der Waals surface area contributed by atoms with Crippen molar-refractivity contribution < 1.29 is 19.4 Å². The van der Waals surface area contributed by atoms with Crippen LogP contribution in [0.15, 0.2) is 18.2 Å². The van der Waals surface area contributed by atoms with Crippen molar-refractivity contribution in [2.75, 3.05) is 6.54 Å². The number of nitrogens with zero attached hydrogens (tertiary/aromatic N) is 1. The van der Waals surface area contributed by atoms with Crippen molar-refractivity contribution in [1.29, 1.82) is 0 Å². The first-order valence-electron chi connectivity index (χ1n) is 6.96. The van der Waals surface area contributed by atoms with E-state index in [0.717, 1.165) is 25.3 Å². The molecular weight excluding hydrogens is 261 g/mol. The maximum atomic E-state index is 13.8. The van der Waals surface area contributed by atoms with Gasteiger partial charge < -0.3 is 15.1 Å². The van der Waals surface area contributed by atoms with E-state index in [1.807, 2.05) is 0 Å². The topological polar surface area (TPSA) is 60.8 Å². The molecule has 20 heavy (non-hydrogen) atoms. The average Bonchev–Trinajstić information content (AvgIpc) is 2.38. The summed E-state index contributed by atoms with van der Waals surface area (Å²) in [5.41, 5.74) is -0.0275. The molecule has 1 aromatic carbocycles. The molecule has 2 atom stereocenters. The second-order valence-corrected chi connectivity index (χ2v) is 5.40. The Bertz CT molecular complexity index is 490. The minimum Gasteiger partial charge on any atom is -0.508 e. The van der Waals surface area contributed by atoms with Crippen LogP contribution in [0.5, 0.6) is 5.75 Å². The van der Waals surface area contributed by atoms with Crippen molar-refractivity contribution in [3.63, 3.8) is 0 Å². The van der Waals surface area contributed by atoms with Crippen LogP contribution in [0.4, 0.5) is 4.39 Å². The van der Waals surface area contributed by atoms with Crippen LogP contribution in [0.25, 0.3) is 0 Å². The number of amides is 1. The minimum atomic E-state index is -0.712.